The number of amides is 1. The molecule has 29 heavy (non-hydrogen) atoms. The van der Waals surface area contributed by atoms with Gasteiger partial charge < -0.3 is 9.32 Å². The summed E-state index contributed by atoms with van der Waals surface area (Å²) in [6.45, 7) is 3.47. The van der Waals surface area contributed by atoms with Crippen molar-refractivity contribution < 1.29 is 9.21 Å². The number of hydrogen-bond donors (Lipinski definition) is 0. The van der Waals surface area contributed by atoms with E-state index in [0.29, 0.717) is 28.0 Å². The Hall–Kier alpha value is -2.89. The lowest BCUT2D eigenvalue weighted by molar-refractivity contribution is -0.123. The molecule has 0 saturated carbocycles. The molecule has 0 bridgehead atoms. The van der Waals surface area contributed by atoms with E-state index in [2.05, 4.69) is 6.07 Å². The van der Waals surface area contributed by atoms with Crippen LogP contribution in [0.1, 0.15) is 28.4 Å². The van der Waals surface area contributed by atoms with Crippen molar-refractivity contribution >= 4 is 40.2 Å². The number of thiazole rings is 1. The van der Waals surface area contributed by atoms with Crippen molar-refractivity contribution in [3.05, 3.63) is 65.6 Å². The fourth-order valence-electron chi connectivity index (χ4n) is 3.33. The molecule has 1 aliphatic heterocycles. The monoisotopic (exact) mass is 425 g/mol. The molecule has 1 fully saturated rings. The molecule has 0 N–H and O–H groups in total. The first-order valence-corrected chi connectivity index (χ1v) is 10.9. The summed E-state index contributed by atoms with van der Waals surface area (Å²) in [7, 11) is 0. The summed E-state index contributed by atoms with van der Waals surface area (Å²) in [5.74, 6) is 0.286. The van der Waals surface area contributed by atoms with E-state index in [1.807, 2.05) is 25.1 Å². The van der Waals surface area contributed by atoms with Gasteiger partial charge in [-0.3, -0.25) is 14.2 Å². The van der Waals surface area contributed by atoms with Crippen LogP contribution in [0.5, 0.6) is 0 Å². The molecular formula is C21H19N3O3S2. The highest BCUT2D eigenvalue weighted by atomic mass is 32.1. The van der Waals surface area contributed by atoms with Gasteiger partial charge in [-0.25, -0.2) is 0 Å². The molecule has 6 nitrogen and oxygen atoms in total. The molecule has 0 aliphatic carbocycles. The molecule has 8 heteroatoms. The summed E-state index contributed by atoms with van der Waals surface area (Å²) in [6, 6.07) is 9.53. The molecule has 148 valence electrons. The zero-order chi connectivity index (χ0) is 20.4. The zero-order valence-corrected chi connectivity index (χ0v) is 17.5. The van der Waals surface area contributed by atoms with Crippen LogP contribution in [0.3, 0.4) is 0 Å². The van der Waals surface area contributed by atoms with Crippen LogP contribution in [0.15, 0.2) is 39.7 Å². The molecule has 1 amide bonds. The molecule has 0 atom stereocenters. The molecule has 4 rings (SSSR count). The van der Waals surface area contributed by atoms with Crippen LogP contribution < -0.4 is 14.8 Å². The summed E-state index contributed by atoms with van der Waals surface area (Å²) < 4.78 is 7.75. The first kappa shape index (κ1) is 19.4. The lowest BCUT2D eigenvalue weighted by Gasteiger charge is -2.14. The van der Waals surface area contributed by atoms with E-state index in [1.165, 1.54) is 22.2 Å². The second-order valence-corrected chi connectivity index (χ2v) is 9.17. The molecule has 0 spiro atoms. The predicted molar refractivity (Wildman–Crippen MR) is 113 cm³/mol. The Kier molecular flexibility index (Phi) is 5.51. The van der Waals surface area contributed by atoms with Gasteiger partial charge in [-0.05, 0) is 50.1 Å². The summed E-state index contributed by atoms with van der Waals surface area (Å²) >= 11 is 2.77. The third kappa shape index (κ3) is 3.97. The Morgan fingerprint density at radius 3 is 2.69 bits per heavy atom. The summed E-state index contributed by atoms with van der Waals surface area (Å²) in [5.41, 5.74) is -0.211. The van der Waals surface area contributed by atoms with Gasteiger partial charge in [0.2, 0.25) is 0 Å². The van der Waals surface area contributed by atoms with Crippen molar-refractivity contribution in [2.24, 2.45) is 0 Å². The van der Waals surface area contributed by atoms with Crippen molar-refractivity contribution in [1.82, 2.24) is 9.47 Å². The van der Waals surface area contributed by atoms with Gasteiger partial charge in [-0.15, -0.1) is 22.7 Å². The number of thiophene rings is 1. The van der Waals surface area contributed by atoms with Gasteiger partial charge in [0.25, 0.3) is 11.5 Å². The largest absolute Gasteiger partial charge is 0.467 e. The minimum atomic E-state index is -0.307. The number of hydrogen-bond acceptors (Lipinski definition) is 6. The minimum Gasteiger partial charge on any atom is -0.467 e. The van der Waals surface area contributed by atoms with Crippen LogP contribution in [0.2, 0.25) is 0 Å². The molecule has 4 heterocycles. The Bertz CT molecular complexity index is 1250. The van der Waals surface area contributed by atoms with E-state index in [0.717, 1.165) is 22.6 Å². The molecule has 1 aliphatic rings. The van der Waals surface area contributed by atoms with Gasteiger partial charge in [0.1, 0.15) is 16.5 Å². The van der Waals surface area contributed by atoms with Crippen LogP contribution in [0.4, 0.5) is 0 Å². The number of nitriles is 1. The SMILES string of the molecule is Cc1ccc(/C=c2\s/c(=C(\C#N)C(=O)N3CCCC3)n(Cc3ccco3)c2=O)s1. The van der Waals surface area contributed by atoms with Crippen molar-refractivity contribution in [3.63, 3.8) is 0 Å². The van der Waals surface area contributed by atoms with E-state index >= 15 is 0 Å². The summed E-state index contributed by atoms with van der Waals surface area (Å²) in [4.78, 5) is 29.9. The maximum atomic E-state index is 13.1. The Labute approximate surface area is 175 Å². The normalized spacial score (nSPS) is 15.6. The fraction of sp³-hybridized carbons (Fsp3) is 0.286. The second kappa shape index (κ2) is 8.23. The molecule has 3 aromatic rings. The van der Waals surface area contributed by atoms with Crippen molar-refractivity contribution in [3.8, 4) is 6.07 Å². The quantitative estimate of drug-likeness (QED) is 0.641. The lowest BCUT2D eigenvalue weighted by atomic mass is 10.3. The number of rotatable bonds is 4. The van der Waals surface area contributed by atoms with Crippen LogP contribution in [-0.2, 0) is 11.3 Å². The molecule has 0 unspecified atom stereocenters. The van der Waals surface area contributed by atoms with Gasteiger partial charge in [-0.2, -0.15) is 5.26 Å². The Morgan fingerprint density at radius 2 is 2.07 bits per heavy atom. The highest BCUT2D eigenvalue weighted by Gasteiger charge is 2.24. The average Bonchev–Trinajstić information content (AvgIpc) is 3.49. The maximum absolute atomic E-state index is 13.1. The number of aryl methyl sites for hydroxylation is 1. The summed E-state index contributed by atoms with van der Waals surface area (Å²) in [5, 5.41) is 9.78. The van der Waals surface area contributed by atoms with Gasteiger partial charge in [0.05, 0.1) is 17.3 Å². The Morgan fingerprint density at radius 1 is 1.28 bits per heavy atom. The van der Waals surface area contributed by atoms with E-state index in [9.17, 15) is 14.9 Å². The van der Waals surface area contributed by atoms with E-state index in [-0.39, 0.29) is 23.6 Å². The number of carbonyl (C=O) groups is 1. The Balaban J connectivity index is 1.92. The van der Waals surface area contributed by atoms with Crippen LogP contribution in [-0.4, -0.2) is 28.5 Å². The van der Waals surface area contributed by atoms with Crippen LogP contribution in [0, 0.1) is 18.3 Å². The molecule has 3 aromatic heterocycles. The van der Waals surface area contributed by atoms with Crippen molar-refractivity contribution in [2.75, 3.05) is 13.1 Å². The second-order valence-electron chi connectivity index (χ2n) is 6.82. The number of carbonyl (C=O) groups excluding carboxylic acids is 1. The topological polar surface area (TPSA) is 79.2 Å². The van der Waals surface area contributed by atoms with Gasteiger partial charge in [0, 0.05) is 22.8 Å². The molecule has 1 saturated heterocycles. The zero-order valence-electron chi connectivity index (χ0n) is 15.9. The number of furan rings is 1. The van der Waals surface area contributed by atoms with Gasteiger partial charge >= 0.3 is 0 Å². The average molecular weight is 426 g/mol. The van der Waals surface area contributed by atoms with E-state index in [4.69, 9.17) is 4.42 Å². The lowest BCUT2D eigenvalue weighted by Crippen LogP contribution is -2.36. The van der Waals surface area contributed by atoms with Crippen molar-refractivity contribution in [1.29, 1.82) is 5.26 Å². The molecule has 0 aromatic carbocycles. The van der Waals surface area contributed by atoms with Gasteiger partial charge in [-0.1, -0.05) is 0 Å². The highest BCUT2D eigenvalue weighted by Crippen LogP contribution is 2.15. The smallest absolute Gasteiger partial charge is 0.269 e. The third-order valence-corrected chi connectivity index (χ3v) is 6.85. The molecular weight excluding hydrogens is 406 g/mol. The maximum Gasteiger partial charge on any atom is 0.269 e. The number of nitrogens with zero attached hydrogens (tertiary/aromatic N) is 3. The van der Waals surface area contributed by atoms with E-state index < -0.39 is 0 Å². The van der Waals surface area contributed by atoms with Crippen LogP contribution in [0.25, 0.3) is 11.6 Å². The number of aromatic nitrogens is 1. The summed E-state index contributed by atoms with van der Waals surface area (Å²) in [6.07, 6.45) is 5.23. The number of likely N-dealkylation sites (tertiary alicyclic amines) is 1. The van der Waals surface area contributed by atoms with Crippen LogP contribution >= 0.6 is 22.7 Å². The molecule has 0 radical (unpaired) electrons. The van der Waals surface area contributed by atoms with Gasteiger partial charge in [0.15, 0.2) is 5.57 Å². The predicted octanol–water partition coefficient (Wildman–Crippen LogP) is 2.05. The first-order chi connectivity index (χ1) is 14.1. The fourth-order valence-corrected chi connectivity index (χ4v) is 5.31. The first-order valence-electron chi connectivity index (χ1n) is 9.30. The standard InChI is InChI=1S/C21H19N3O3S2/c1-14-6-7-16(28-14)11-18-20(26)24(13-15-5-4-10-27-15)21(29-18)17(12-22)19(25)23-8-2-3-9-23/h4-7,10-11H,2-3,8-9,13H2,1H3/b18-11-,21-17+. The van der Waals surface area contributed by atoms with Crippen molar-refractivity contribution in [2.45, 2.75) is 26.3 Å². The van der Waals surface area contributed by atoms with E-state index in [1.54, 1.807) is 28.4 Å². The third-order valence-electron chi connectivity index (χ3n) is 4.77. The minimum absolute atomic E-state index is 0.0163. The highest BCUT2D eigenvalue weighted by molar-refractivity contribution is 7.13.